The molecule has 0 saturated heterocycles. The lowest BCUT2D eigenvalue weighted by atomic mass is 9.94. The largest absolute Gasteiger partial charge is 0.337 e. The lowest BCUT2D eigenvalue weighted by molar-refractivity contribution is -0.118. The maximum Gasteiger partial charge on any atom is 0.210 e. The molecule has 0 aliphatic carbocycles. The quantitative estimate of drug-likeness (QED) is 0.874. The molecule has 104 valence electrons. The molecule has 4 nitrogen and oxygen atoms in total. The summed E-state index contributed by atoms with van der Waals surface area (Å²) >= 11 is 0. The Hall–Kier alpha value is -2.64. The lowest BCUT2D eigenvalue weighted by Gasteiger charge is -2.11. The van der Waals surface area contributed by atoms with Crippen LogP contribution in [0.25, 0.3) is 11.1 Å². The van der Waals surface area contributed by atoms with Gasteiger partial charge in [0, 0.05) is 19.6 Å². The maximum absolute atomic E-state index is 11.0. The van der Waals surface area contributed by atoms with E-state index in [2.05, 4.69) is 18.2 Å². The summed E-state index contributed by atoms with van der Waals surface area (Å²) in [5, 5.41) is 8.89. The number of benzene rings is 2. The molecule has 0 atom stereocenters. The highest BCUT2D eigenvalue weighted by Crippen LogP contribution is 2.33. The molecule has 21 heavy (non-hydrogen) atoms. The van der Waals surface area contributed by atoms with Crippen LogP contribution in [0.15, 0.2) is 36.4 Å². The first-order chi connectivity index (χ1) is 10.2. The van der Waals surface area contributed by atoms with Crippen molar-refractivity contribution in [2.75, 3.05) is 0 Å². The molecule has 2 N–H and O–H groups in total. The number of nitrogens with two attached hydrogens (primary N) is 1. The second-order valence-electron chi connectivity index (χ2n) is 5.18. The minimum absolute atomic E-state index is 0.470. The van der Waals surface area contributed by atoms with Gasteiger partial charge in [-0.1, -0.05) is 18.2 Å². The van der Waals surface area contributed by atoms with Gasteiger partial charge in [-0.2, -0.15) is 5.26 Å². The number of hydrogen-bond donors (Lipinski definition) is 1. The number of amides is 1. The van der Waals surface area contributed by atoms with Gasteiger partial charge in [-0.3, -0.25) is 4.79 Å². The molecular weight excluding hydrogens is 262 g/mol. The summed E-state index contributed by atoms with van der Waals surface area (Å²) in [6.45, 7) is 1.73. The van der Waals surface area contributed by atoms with E-state index in [1.807, 2.05) is 24.3 Å². The Morgan fingerprint density at radius 2 is 2.00 bits per heavy atom. The fraction of sp³-hybridized carbons (Fsp3) is 0.176. The minimum Gasteiger partial charge on any atom is -0.337 e. The second-order valence-corrected chi connectivity index (χ2v) is 5.18. The van der Waals surface area contributed by atoms with Crippen LogP contribution in [0.4, 0.5) is 0 Å². The van der Waals surface area contributed by atoms with Gasteiger partial charge in [-0.15, -0.1) is 0 Å². The Kier molecular flexibility index (Phi) is 3.43. The number of nitriles is 1. The van der Waals surface area contributed by atoms with Gasteiger partial charge >= 0.3 is 0 Å². The zero-order valence-corrected chi connectivity index (χ0v) is 11.5. The van der Waals surface area contributed by atoms with E-state index in [0.717, 1.165) is 28.7 Å². The first-order valence-corrected chi connectivity index (χ1v) is 6.79. The molecule has 1 aliphatic heterocycles. The topological polar surface area (TPSA) is 70.1 Å². The van der Waals surface area contributed by atoms with Crippen LogP contribution >= 0.6 is 0 Å². The van der Waals surface area contributed by atoms with Crippen LogP contribution in [-0.2, 0) is 24.4 Å². The zero-order chi connectivity index (χ0) is 14.8. The molecule has 2 aromatic carbocycles. The van der Waals surface area contributed by atoms with Gasteiger partial charge in [0.2, 0.25) is 6.41 Å². The van der Waals surface area contributed by atoms with E-state index >= 15 is 0 Å². The van der Waals surface area contributed by atoms with Gasteiger partial charge in [-0.25, -0.2) is 0 Å². The number of rotatable bonds is 3. The third-order valence-electron chi connectivity index (χ3n) is 3.85. The number of hydrogen-bond acceptors (Lipinski definition) is 3. The fourth-order valence-corrected chi connectivity index (χ4v) is 2.78. The summed E-state index contributed by atoms with van der Waals surface area (Å²) in [5.41, 5.74) is 11.9. The van der Waals surface area contributed by atoms with Crippen molar-refractivity contribution < 1.29 is 4.79 Å². The average Bonchev–Trinajstić information content (AvgIpc) is 2.97. The summed E-state index contributed by atoms with van der Waals surface area (Å²) in [6, 6.07) is 13.8. The van der Waals surface area contributed by atoms with Crippen molar-refractivity contribution in [3.05, 3.63) is 58.7 Å². The SMILES string of the molecule is N#Cc1ccc(-c2cc(CN)cc3c2CN(C=O)C3)cc1. The van der Waals surface area contributed by atoms with Crippen LogP contribution in [-0.4, -0.2) is 11.3 Å². The minimum atomic E-state index is 0.470. The highest BCUT2D eigenvalue weighted by atomic mass is 16.1. The van der Waals surface area contributed by atoms with Gasteiger partial charge in [0.05, 0.1) is 11.6 Å². The van der Waals surface area contributed by atoms with Gasteiger partial charge in [0.25, 0.3) is 0 Å². The van der Waals surface area contributed by atoms with Crippen molar-refractivity contribution in [3.63, 3.8) is 0 Å². The van der Waals surface area contributed by atoms with E-state index in [-0.39, 0.29) is 0 Å². The highest BCUT2D eigenvalue weighted by molar-refractivity contribution is 5.72. The molecular formula is C17H15N3O. The van der Waals surface area contributed by atoms with Crippen molar-refractivity contribution in [2.45, 2.75) is 19.6 Å². The van der Waals surface area contributed by atoms with Crippen LogP contribution in [0, 0.1) is 11.3 Å². The summed E-state index contributed by atoms with van der Waals surface area (Å²) in [7, 11) is 0. The van der Waals surface area contributed by atoms with E-state index in [1.54, 1.807) is 4.90 Å². The molecule has 1 aliphatic rings. The Bertz CT molecular complexity index is 729. The van der Waals surface area contributed by atoms with Crippen LogP contribution in [0.5, 0.6) is 0 Å². The molecule has 0 radical (unpaired) electrons. The average molecular weight is 277 g/mol. The van der Waals surface area contributed by atoms with Crippen molar-refractivity contribution in [2.24, 2.45) is 5.73 Å². The molecule has 0 bridgehead atoms. The predicted octanol–water partition coefficient (Wildman–Crippen LogP) is 2.16. The molecule has 4 heteroatoms. The van der Waals surface area contributed by atoms with Crippen LogP contribution < -0.4 is 5.73 Å². The number of fused-ring (bicyclic) bond motifs is 1. The van der Waals surface area contributed by atoms with Crippen LogP contribution in [0.3, 0.4) is 0 Å². The van der Waals surface area contributed by atoms with Crippen molar-refractivity contribution in [1.29, 1.82) is 5.26 Å². The second kappa shape index (κ2) is 5.39. The Morgan fingerprint density at radius 3 is 2.62 bits per heavy atom. The molecule has 0 saturated carbocycles. The Morgan fingerprint density at radius 1 is 1.24 bits per heavy atom. The molecule has 2 aromatic rings. The summed E-state index contributed by atoms with van der Waals surface area (Å²) < 4.78 is 0. The molecule has 3 rings (SSSR count). The van der Waals surface area contributed by atoms with Gasteiger partial charge in [0.15, 0.2) is 0 Å². The number of nitrogens with zero attached hydrogens (tertiary/aromatic N) is 2. The Balaban J connectivity index is 2.11. The standard InChI is InChI=1S/C17H15N3O/c18-7-12-1-3-14(4-2-12)16-6-13(8-19)5-15-9-20(11-21)10-17(15)16/h1-6,11H,8-10,19H2. The molecule has 0 unspecified atom stereocenters. The van der Waals surface area contributed by atoms with Crippen LogP contribution in [0.1, 0.15) is 22.3 Å². The van der Waals surface area contributed by atoms with E-state index in [1.165, 1.54) is 5.56 Å². The van der Waals surface area contributed by atoms with E-state index in [4.69, 9.17) is 11.0 Å². The third kappa shape index (κ3) is 2.39. The van der Waals surface area contributed by atoms with E-state index < -0.39 is 0 Å². The summed E-state index contributed by atoms with van der Waals surface area (Å²) in [4.78, 5) is 12.8. The predicted molar refractivity (Wildman–Crippen MR) is 79.8 cm³/mol. The fourth-order valence-electron chi connectivity index (χ4n) is 2.78. The summed E-state index contributed by atoms with van der Waals surface area (Å²) in [6.07, 6.45) is 0.880. The smallest absolute Gasteiger partial charge is 0.210 e. The molecule has 0 fully saturated rings. The lowest BCUT2D eigenvalue weighted by Crippen LogP contribution is -2.12. The first kappa shape index (κ1) is 13.3. The number of carbonyl (C=O) groups excluding carboxylic acids is 1. The van der Waals surface area contributed by atoms with Crippen molar-refractivity contribution >= 4 is 6.41 Å². The van der Waals surface area contributed by atoms with E-state index in [0.29, 0.717) is 25.2 Å². The first-order valence-electron chi connectivity index (χ1n) is 6.79. The van der Waals surface area contributed by atoms with Gasteiger partial charge in [0.1, 0.15) is 0 Å². The Labute approximate surface area is 123 Å². The molecule has 0 aromatic heterocycles. The van der Waals surface area contributed by atoms with Crippen molar-refractivity contribution in [1.82, 2.24) is 4.90 Å². The third-order valence-corrected chi connectivity index (χ3v) is 3.85. The molecule has 1 heterocycles. The van der Waals surface area contributed by atoms with Crippen molar-refractivity contribution in [3.8, 4) is 17.2 Å². The number of carbonyl (C=O) groups is 1. The summed E-state index contributed by atoms with van der Waals surface area (Å²) in [5.74, 6) is 0. The highest BCUT2D eigenvalue weighted by Gasteiger charge is 2.21. The zero-order valence-electron chi connectivity index (χ0n) is 11.5. The monoisotopic (exact) mass is 277 g/mol. The normalized spacial score (nSPS) is 12.9. The van der Waals surface area contributed by atoms with E-state index in [9.17, 15) is 4.79 Å². The maximum atomic E-state index is 11.0. The van der Waals surface area contributed by atoms with Crippen LogP contribution in [0.2, 0.25) is 0 Å². The van der Waals surface area contributed by atoms with Gasteiger partial charge < -0.3 is 10.6 Å². The molecule has 1 amide bonds. The van der Waals surface area contributed by atoms with Gasteiger partial charge in [-0.05, 0) is 46.0 Å². The molecule has 0 spiro atoms.